The molecular formula is C14H26N2O2. The molecule has 1 amide bonds. The number of hydrogen-bond acceptors (Lipinski definition) is 3. The van der Waals surface area contributed by atoms with Crippen LogP contribution in [-0.2, 0) is 4.74 Å². The number of rotatable bonds is 5. The van der Waals surface area contributed by atoms with E-state index in [1.807, 2.05) is 20.8 Å². The summed E-state index contributed by atoms with van der Waals surface area (Å²) in [6.45, 7) is 6.57. The Kier molecular flexibility index (Phi) is 4.15. The van der Waals surface area contributed by atoms with Gasteiger partial charge in [0.15, 0.2) is 0 Å². The minimum atomic E-state index is -0.418. The highest BCUT2D eigenvalue weighted by atomic mass is 16.6. The molecule has 4 nitrogen and oxygen atoms in total. The van der Waals surface area contributed by atoms with Crippen LogP contribution in [0.5, 0.6) is 0 Å². The standard InChI is InChI=1S/C14H26N2O2/c1-14(2,3)18-13(17)16-12(10-5-4-6-10)9-15-11-7-8-11/h10-12,15H,4-9H2,1-3H3,(H,16,17). The van der Waals surface area contributed by atoms with Crippen LogP contribution in [0.25, 0.3) is 0 Å². The van der Waals surface area contributed by atoms with Crippen molar-refractivity contribution in [2.75, 3.05) is 6.54 Å². The molecule has 0 aromatic carbocycles. The SMILES string of the molecule is CC(C)(C)OC(=O)NC(CNC1CC1)C1CCC1. The van der Waals surface area contributed by atoms with Crippen molar-refractivity contribution in [3.8, 4) is 0 Å². The molecule has 0 bridgehead atoms. The van der Waals surface area contributed by atoms with E-state index in [2.05, 4.69) is 10.6 Å². The number of alkyl carbamates (subject to hydrolysis) is 1. The number of carbonyl (C=O) groups excluding carboxylic acids is 1. The van der Waals surface area contributed by atoms with Crippen LogP contribution in [0.1, 0.15) is 52.9 Å². The molecule has 1 unspecified atom stereocenters. The average molecular weight is 254 g/mol. The normalized spacial score (nSPS) is 22.2. The Bertz CT molecular complexity index is 291. The second-order valence-electron chi connectivity index (χ2n) is 6.63. The Hall–Kier alpha value is -0.770. The first-order chi connectivity index (χ1) is 8.44. The maximum Gasteiger partial charge on any atom is 0.407 e. The summed E-state index contributed by atoms with van der Waals surface area (Å²) in [6, 6.07) is 0.919. The summed E-state index contributed by atoms with van der Waals surface area (Å²) in [5, 5.41) is 6.54. The van der Waals surface area contributed by atoms with Crippen LogP contribution in [0.2, 0.25) is 0 Å². The zero-order valence-corrected chi connectivity index (χ0v) is 11.8. The maximum atomic E-state index is 11.8. The van der Waals surface area contributed by atoms with Gasteiger partial charge in [-0.3, -0.25) is 0 Å². The summed E-state index contributed by atoms with van der Waals surface area (Å²) in [5.41, 5.74) is -0.418. The first-order valence-electron chi connectivity index (χ1n) is 7.17. The zero-order valence-electron chi connectivity index (χ0n) is 11.8. The molecular weight excluding hydrogens is 228 g/mol. The van der Waals surface area contributed by atoms with Crippen LogP contribution in [0.3, 0.4) is 0 Å². The molecule has 0 heterocycles. The maximum absolute atomic E-state index is 11.8. The molecule has 0 spiro atoms. The zero-order chi connectivity index (χ0) is 13.2. The van der Waals surface area contributed by atoms with Crippen molar-refractivity contribution in [2.45, 2.75) is 70.6 Å². The topological polar surface area (TPSA) is 50.4 Å². The van der Waals surface area contributed by atoms with E-state index < -0.39 is 5.60 Å². The molecule has 2 fully saturated rings. The van der Waals surface area contributed by atoms with Crippen molar-refractivity contribution in [1.29, 1.82) is 0 Å². The van der Waals surface area contributed by atoms with Gasteiger partial charge in [0, 0.05) is 18.6 Å². The molecule has 0 radical (unpaired) electrons. The monoisotopic (exact) mass is 254 g/mol. The third kappa shape index (κ3) is 4.48. The Balaban J connectivity index is 1.77. The number of carbonyl (C=O) groups is 1. The van der Waals surface area contributed by atoms with Gasteiger partial charge in [0.05, 0.1) is 0 Å². The van der Waals surface area contributed by atoms with E-state index in [0.29, 0.717) is 12.0 Å². The molecule has 104 valence electrons. The van der Waals surface area contributed by atoms with Crippen molar-refractivity contribution in [3.05, 3.63) is 0 Å². The van der Waals surface area contributed by atoms with Crippen LogP contribution in [0.15, 0.2) is 0 Å². The van der Waals surface area contributed by atoms with E-state index in [-0.39, 0.29) is 12.1 Å². The lowest BCUT2D eigenvalue weighted by Gasteiger charge is -2.35. The summed E-state index contributed by atoms with van der Waals surface area (Å²) in [5.74, 6) is 0.628. The van der Waals surface area contributed by atoms with Crippen LogP contribution in [-0.4, -0.2) is 30.3 Å². The lowest BCUT2D eigenvalue weighted by molar-refractivity contribution is 0.0465. The van der Waals surface area contributed by atoms with Gasteiger partial charge in [-0.1, -0.05) is 6.42 Å². The average Bonchev–Trinajstić information content (AvgIpc) is 2.90. The summed E-state index contributed by atoms with van der Waals surface area (Å²) in [4.78, 5) is 11.8. The molecule has 2 N–H and O–H groups in total. The van der Waals surface area contributed by atoms with Crippen molar-refractivity contribution in [1.82, 2.24) is 10.6 Å². The highest BCUT2D eigenvalue weighted by molar-refractivity contribution is 5.68. The van der Waals surface area contributed by atoms with Gasteiger partial charge in [0.2, 0.25) is 0 Å². The van der Waals surface area contributed by atoms with E-state index in [9.17, 15) is 4.79 Å². The molecule has 0 saturated heterocycles. The lowest BCUT2D eigenvalue weighted by atomic mass is 9.79. The highest BCUT2D eigenvalue weighted by Crippen LogP contribution is 2.30. The largest absolute Gasteiger partial charge is 0.444 e. The van der Waals surface area contributed by atoms with Gasteiger partial charge in [-0.25, -0.2) is 4.79 Å². The van der Waals surface area contributed by atoms with Crippen LogP contribution < -0.4 is 10.6 Å². The van der Waals surface area contributed by atoms with Gasteiger partial charge in [-0.2, -0.15) is 0 Å². The Morgan fingerprint density at radius 2 is 1.94 bits per heavy atom. The first-order valence-corrected chi connectivity index (χ1v) is 7.17. The fourth-order valence-electron chi connectivity index (χ4n) is 2.22. The second-order valence-corrected chi connectivity index (χ2v) is 6.63. The fourth-order valence-corrected chi connectivity index (χ4v) is 2.22. The Labute approximate surface area is 110 Å². The Morgan fingerprint density at radius 3 is 2.39 bits per heavy atom. The minimum Gasteiger partial charge on any atom is -0.444 e. The van der Waals surface area contributed by atoms with E-state index in [1.54, 1.807) is 0 Å². The summed E-state index contributed by atoms with van der Waals surface area (Å²) < 4.78 is 5.33. The van der Waals surface area contributed by atoms with Crippen molar-refractivity contribution in [2.24, 2.45) is 5.92 Å². The summed E-state index contributed by atoms with van der Waals surface area (Å²) >= 11 is 0. The summed E-state index contributed by atoms with van der Waals surface area (Å²) in [6.07, 6.45) is 6.03. The third-order valence-corrected chi connectivity index (χ3v) is 3.62. The van der Waals surface area contributed by atoms with E-state index in [1.165, 1.54) is 32.1 Å². The van der Waals surface area contributed by atoms with E-state index in [4.69, 9.17) is 4.74 Å². The van der Waals surface area contributed by atoms with Gasteiger partial charge >= 0.3 is 6.09 Å². The van der Waals surface area contributed by atoms with Gasteiger partial charge in [-0.05, 0) is 52.4 Å². The molecule has 2 saturated carbocycles. The second kappa shape index (κ2) is 5.47. The van der Waals surface area contributed by atoms with Gasteiger partial charge < -0.3 is 15.4 Å². The van der Waals surface area contributed by atoms with Crippen molar-refractivity contribution < 1.29 is 9.53 Å². The van der Waals surface area contributed by atoms with Crippen LogP contribution in [0, 0.1) is 5.92 Å². The van der Waals surface area contributed by atoms with Gasteiger partial charge in [-0.15, -0.1) is 0 Å². The van der Waals surface area contributed by atoms with Crippen molar-refractivity contribution in [3.63, 3.8) is 0 Å². The first kappa shape index (κ1) is 13.7. The van der Waals surface area contributed by atoms with Crippen LogP contribution >= 0.6 is 0 Å². The third-order valence-electron chi connectivity index (χ3n) is 3.62. The summed E-state index contributed by atoms with van der Waals surface area (Å²) in [7, 11) is 0. The molecule has 18 heavy (non-hydrogen) atoms. The number of ether oxygens (including phenoxy) is 1. The molecule has 0 aliphatic heterocycles. The minimum absolute atomic E-state index is 0.231. The molecule has 2 rings (SSSR count). The van der Waals surface area contributed by atoms with E-state index in [0.717, 1.165) is 6.54 Å². The lowest BCUT2D eigenvalue weighted by Crippen LogP contribution is -2.50. The van der Waals surface area contributed by atoms with E-state index >= 15 is 0 Å². The van der Waals surface area contributed by atoms with Crippen molar-refractivity contribution >= 4 is 6.09 Å². The molecule has 2 aliphatic carbocycles. The predicted molar refractivity (Wildman–Crippen MR) is 71.5 cm³/mol. The number of nitrogens with one attached hydrogen (secondary N) is 2. The fraction of sp³-hybridized carbons (Fsp3) is 0.929. The Morgan fingerprint density at radius 1 is 1.28 bits per heavy atom. The van der Waals surface area contributed by atoms with Gasteiger partial charge in [0.1, 0.15) is 5.60 Å². The highest BCUT2D eigenvalue weighted by Gasteiger charge is 2.31. The predicted octanol–water partition coefficient (Wildman–Crippen LogP) is 2.43. The smallest absolute Gasteiger partial charge is 0.407 e. The number of hydrogen-bond donors (Lipinski definition) is 2. The van der Waals surface area contributed by atoms with Gasteiger partial charge in [0.25, 0.3) is 0 Å². The number of amides is 1. The molecule has 0 aromatic rings. The molecule has 1 atom stereocenters. The molecule has 4 heteroatoms. The quantitative estimate of drug-likeness (QED) is 0.792. The van der Waals surface area contributed by atoms with Crippen LogP contribution in [0.4, 0.5) is 4.79 Å². The molecule has 2 aliphatic rings. The molecule has 0 aromatic heterocycles.